The fraction of sp³-hybridized carbons (Fsp3) is 0.583. The van der Waals surface area contributed by atoms with Crippen molar-refractivity contribution in [3.63, 3.8) is 0 Å². The van der Waals surface area contributed by atoms with E-state index in [-0.39, 0.29) is 11.7 Å². The van der Waals surface area contributed by atoms with Crippen LogP contribution in [0.1, 0.15) is 36.2 Å². The van der Waals surface area contributed by atoms with Crippen LogP contribution in [0.2, 0.25) is 0 Å². The summed E-state index contributed by atoms with van der Waals surface area (Å²) < 4.78 is 0. The van der Waals surface area contributed by atoms with Crippen LogP contribution in [-0.4, -0.2) is 15.8 Å². The van der Waals surface area contributed by atoms with Crippen molar-refractivity contribution in [2.24, 2.45) is 17.8 Å². The molecule has 0 saturated heterocycles. The molecule has 0 bridgehead atoms. The molecular weight excluding hydrogens is 188 g/mol. The largest absolute Gasteiger partial charge is 0.292 e. The van der Waals surface area contributed by atoms with Crippen molar-refractivity contribution in [3.8, 4) is 0 Å². The third-order valence-electron chi connectivity index (χ3n) is 3.77. The Hall–Kier alpha value is -1.25. The van der Waals surface area contributed by atoms with Gasteiger partial charge in [0, 0.05) is 18.3 Å². The van der Waals surface area contributed by atoms with Crippen LogP contribution in [0.5, 0.6) is 0 Å². The molecule has 78 valence electrons. The number of rotatable bonds is 2. The van der Waals surface area contributed by atoms with Gasteiger partial charge < -0.3 is 0 Å². The number of aromatic nitrogens is 2. The zero-order chi connectivity index (χ0) is 10.3. The fourth-order valence-electron chi connectivity index (χ4n) is 2.98. The molecule has 3 nitrogen and oxygen atoms in total. The number of carbonyl (C=O) groups is 1. The third kappa shape index (κ3) is 1.46. The van der Waals surface area contributed by atoms with Crippen LogP contribution in [0.25, 0.3) is 0 Å². The first-order valence-electron chi connectivity index (χ1n) is 5.68. The van der Waals surface area contributed by atoms with E-state index in [1.807, 2.05) is 0 Å². The highest BCUT2D eigenvalue weighted by Crippen LogP contribution is 2.56. The Labute approximate surface area is 88.9 Å². The van der Waals surface area contributed by atoms with Gasteiger partial charge in [-0.25, -0.2) is 4.98 Å². The second-order valence-electron chi connectivity index (χ2n) is 4.59. The summed E-state index contributed by atoms with van der Waals surface area (Å²) in [4.78, 5) is 20.1. The summed E-state index contributed by atoms with van der Waals surface area (Å²) in [7, 11) is 0. The highest BCUT2D eigenvalue weighted by molar-refractivity contribution is 5.98. The molecule has 2 aliphatic rings. The number of carbonyl (C=O) groups excluding carboxylic acids is 1. The highest BCUT2D eigenvalue weighted by Gasteiger charge is 2.54. The maximum absolute atomic E-state index is 12.1. The van der Waals surface area contributed by atoms with Crippen LogP contribution in [0.15, 0.2) is 18.6 Å². The Bertz CT molecular complexity index is 364. The minimum atomic E-state index is 0.222. The van der Waals surface area contributed by atoms with E-state index in [0.29, 0.717) is 17.5 Å². The molecule has 0 radical (unpaired) electrons. The minimum Gasteiger partial charge on any atom is -0.292 e. The molecule has 2 unspecified atom stereocenters. The summed E-state index contributed by atoms with van der Waals surface area (Å²) in [6.07, 6.45) is 9.86. The Kier molecular flexibility index (Phi) is 2.04. The van der Waals surface area contributed by atoms with Gasteiger partial charge in [0.1, 0.15) is 5.69 Å². The molecule has 1 aromatic rings. The fourth-order valence-corrected chi connectivity index (χ4v) is 2.98. The standard InChI is InChI=1S/C12H14N2O/c15-12(10-7-13-5-6-14-10)11-8-3-1-2-4-9(8)11/h5-9,11H,1-4H2. The molecule has 2 saturated carbocycles. The Balaban J connectivity index is 1.77. The highest BCUT2D eigenvalue weighted by atomic mass is 16.1. The van der Waals surface area contributed by atoms with Crippen molar-refractivity contribution in [2.75, 3.05) is 0 Å². The molecule has 0 amide bonds. The quantitative estimate of drug-likeness (QED) is 0.690. The van der Waals surface area contributed by atoms with Crippen LogP contribution >= 0.6 is 0 Å². The van der Waals surface area contributed by atoms with Crippen LogP contribution in [0.4, 0.5) is 0 Å². The van der Waals surface area contributed by atoms with Crippen molar-refractivity contribution in [1.29, 1.82) is 0 Å². The van der Waals surface area contributed by atoms with Gasteiger partial charge in [0.2, 0.25) is 0 Å². The van der Waals surface area contributed by atoms with Gasteiger partial charge in [0.15, 0.2) is 5.78 Å². The Morgan fingerprint density at radius 1 is 1.20 bits per heavy atom. The van der Waals surface area contributed by atoms with Gasteiger partial charge in [0.25, 0.3) is 0 Å². The number of hydrogen-bond donors (Lipinski definition) is 0. The molecule has 3 rings (SSSR count). The van der Waals surface area contributed by atoms with Crippen molar-refractivity contribution < 1.29 is 4.79 Å². The normalized spacial score (nSPS) is 33.2. The third-order valence-corrected chi connectivity index (χ3v) is 3.77. The molecule has 2 aliphatic carbocycles. The monoisotopic (exact) mass is 202 g/mol. The van der Waals surface area contributed by atoms with E-state index in [2.05, 4.69) is 9.97 Å². The van der Waals surface area contributed by atoms with Crippen LogP contribution in [0.3, 0.4) is 0 Å². The summed E-state index contributed by atoms with van der Waals surface area (Å²) in [6, 6.07) is 0. The SMILES string of the molecule is O=C(c1cnccn1)C1C2CCCCC21. The molecular formula is C12H14N2O. The van der Waals surface area contributed by atoms with Crippen molar-refractivity contribution in [2.45, 2.75) is 25.7 Å². The zero-order valence-corrected chi connectivity index (χ0v) is 8.60. The van der Waals surface area contributed by atoms with Crippen molar-refractivity contribution in [1.82, 2.24) is 9.97 Å². The molecule has 0 N–H and O–H groups in total. The summed E-state index contributed by atoms with van der Waals surface area (Å²) in [5, 5.41) is 0. The summed E-state index contributed by atoms with van der Waals surface area (Å²) >= 11 is 0. The van der Waals surface area contributed by atoms with Gasteiger partial charge in [-0.05, 0) is 24.7 Å². The molecule has 0 spiro atoms. The van der Waals surface area contributed by atoms with Gasteiger partial charge in [-0.2, -0.15) is 0 Å². The van der Waals surface area contributed by atoms with Gasteiger partial charge >= 0.3 is 0 Å². The van der Waals surface area contributed by atoms with E-state index in [9.17, 15) is 4.79 Å². The van der Waals surface area contributed by atoms with Crippen LogP contribution < -0.4 is 0 Å². The number of nitrogens with zero attached hydrogens (tertiary/aromatic N) is 2. The summed E-state index contributed by atoms with van der Waals surface area (Å²) in [6.45, 7) is 0. The van der Waals surface area contributed by atoms with E-state index < -0.39 is 0 Å². The summed E-state index contributed by atoms with van der Waals surface area (Å²) in [5.41, 5.74) is 0.553. The van der Waals surface area contributed by atoms with Crippen molar-refractivity contribution in [3.05, 3.63) is 24.3 Å². The number of Topliss-reactive ketones (excluding diaryl/α,β-unsaturated/α-hetero) is 1. The molecule has 2 atom stereocenters. The first-order chi connectivity index (χ1) is 7.38. The van der Waals surface area contributed by atoms with Crippen LogP contribution in [0, 0.1) is 17.8 Å². The average Bonchev–Trinajstić information content (AvgIpc) is 3.03. The van der Waals surface area contributed by atoms with E-state index >= 15 is 0 Å². The van der Waals surface area contributed by atoms with Gasteiger partial charge in [-0.1, -0.05) is 12.8 Å². The van der Waals surface area contributed by atoms with Gasteiger partial charge in [-0.3, -0.25) is 9.78 Å². The summed E-state index contributed by atoms with van der Waals surface area (Å²) in [5.74, 6) is 1.81. The molecule has 1 heterocycles. The molecule has 3 heteroatoms. The lowest BCUT2D eigenvalue weighted by Gasteiger charge is -2.04. The second kappa shape index (κ2) is 3.40. The van der Waals surface area contributed by atoms with E-state index in [1.54, 1.807) is 18.6 Å². The number of fused-ring (bicyclic) bond motifs is 1. The van der Waals surface area contributed by atoms with E-state index in [0.717, 1.165) is 0 Å². The molecule has 1 aromatic heterocycles. The van der Waals surface area contributed by atoms with Gasteiger partial charge in [0.05, 0.1) is 6.20 Å². The molecule has 0 aliphatic heterocycles. The molecule has 2 fully saturated rings. The lowest BCUT2D eigenvalue weighted by molar-refractivity contribution is 0.0951. The number of hydrogen-bond acceptors (Lipinski definition) is 3. The first kappa shape index (κ1) is 9.01. The predicted molar refractivity (Wildman–Crippen MR) is 55.3 cm³/mol. The maximum Gasteiger partial charge on any atom is 0.186 e. The smallest absolute Gasteiger partial charge is 0.186 e. The minimum absolute atomic E-state index is 0.222. The topological polar surface area (TPSA) is 42.9 Å². The lowest BCUT2D eigenvalue weighted by atomic mass is 10.0. The van der Waals surface area contributed by atoms with E-state index in [1.165, 1.54) is 25.7 Å². The van der Waals surface area contributed by atoms with E-state index in [4.69, 9.17) is 0 Å². The van der Waals surface area contributed by atoms with Crippen molar-refractivity contribution >= 4 is 5.78 Å². The van der Waals surface area contributed by atoms with Gasteiger partial charge in [-0.15, -0.1) is 0 Å². The second-order valence-corrected chi connectivity index (χ2v) is 4.59. The lowest BCUT2D eigenvalue weighted by Crippen LogP contribution is -2.06. The molecule has 0 aromatic carbocycles. The van der Waals surface area contributed by atoms with Crippen LogP contribution in [-0.2, 0) is 0 Å². The zero-order valence-electron chi connectivity index (χ0n) is 8.60. The number of ketones is 1. The first-order valence-corrected chi connectivity index (χ1v) is 5.68. The maximum atomic E-state index is 12.1. The Morgan fingerprint density at radius 2 is 1.93 bits per heavy atom. The predicted octanol–water partition coefficient (Wildman–Crippen LogP) is 2.10. The molecule has 15 heavy (non-hydrogen) atoms. The average molecular weight is 202 g/mol. The Morgan fingerprint density at radius 3 is 2.53 bits per heavy atom.